The van der Waals surface area contributed by atoms with E-state index in [1.165, 1.54) is 0 Å². The van der Waals surface area contributed by atoms with Gasteiger partial charge >= 0.3 is 0 Å². The van der Waals surface area contributed by atoms with Crippen LogP contribution in [0.5, 0.6) is 0 Å². The van der Waals surface area contributed by atoms with Gasteiger partial charge in [-0.05, 0) is 37.3 Å². The van der Waals surface area contributed by atoms with Gasteiger partial charge in [0.25, 0.3) is 5.91 Å². The highest BCUT2D eigenvalue weighted by atomic mass is 35.5. The largest absolute Gasteiger partial charge is 0.322 e. The second-order valence-corrected chi connectivity index (χ2v) is 5.88. The summed E-state index contributed by atoms with van der Waals surface area (Å²) in [6, 6.07) is 14.5. The molecule has 0 saturated carbocycles. The first-order valence-corrected chi connectivity index (χ1v) is 7.67. The Bertz CT molecular complexity index is 839. The third-order valence-corrected chi connectivity index (χ3v) is 3.81. The molecular weight excluding hydrogens is 333 g/mol. The van der Waals surface area contributed by atoms with Gasteiger partial charge < -0.3 is 5.32 Å². The molecule has 1 amide bonds. The van der Waals surface area contributed by atoms with Crippen LogP contribution in [0.1, 0.15) is 16.1 Å². The molecule has 4 nitrogen and oxygen atoms in total. The van der Waals surface area contributed by atoms with Crippen molar-refractivity contribution in [3.8, 4) is 5.69 Å². The first-order chi connectivity index (χ1) is 11.0. The molecule has 23 heavy (non-hydrogen) atoms. The monoisotopic (exact) mass is 345 g/mol. The van der Waals surface area contributed by atoms with Gasteiger partial charge in [-0.3, -0.25) is 4.79 Å². The van der Waals surface area contributed by atoms with Crippen LogP contribution in [0.3, 0.4) is 0 Å². The maximum absolute atomic E-state index is 12.5. The highest BCUT2D eigenvalue weighted by Gasteiger charge is 2.15. The van der Waals surface area contributed by atoms with Gasteiger partial charge in [-0.1, -0.05) is 41.4 Å². The van der Waals surface area contributed by atoms with E-state index in [1.54, 1.807) is 29.1 Å². The average Bonchev–Trinajstić information content (AvgIpc) is 2.89. The van der Waals surface area contributed by atoms with Gasteiger partial charge in [0, 0.05) is 15.7 Å². The molecule has 0 bridgehead atoms. The maximum atomic E-state index is 12.5. The fourth-order valence-corrected chi connectivity index (χ4v) is 2.81. The third-order valence-electron chi connectivity index (χ3n) is 3.38. The van der Waals surface area contributed by atoms with Crippen LogP contribution in [0.15, 0.2) is 54.7 Å². The molecule has 0 spiro atoms. The van der Waals surface area contributed by atoms with Gasteiger partial charge in [0.05, 0.1) is 23.1 Å². The Kier molecular flexibility index (Phi) is 4.37. The summed E-state index contributed by atoms with van der Waals surface area (Å²) >= 11 is 11.9. The number of anilines is 1. The molecule has 0 fully saturated rings. The molecule has 116 valence electrons. The fraction of sp³-hybridized carbons (Fsp3) is 0.0588. The fourth-order valence-electron chi connectivity index (χ4n) is 2.29. The number of hydrogen-bond donors (Lipinski definition) is 1. The topological polar surface area (TPSA) is 46.9 Å². The number of hydrogen-bond acceptors (Lipinski definition) is 2. The summed E-state index contributed by atoms with van der Waals surface area (Å²) in [6.07, 6.45) is 1.55. The van der Waals surface area contributed by atoms with E-state index in [1.807, 2.05) is 37.3 Å². The number of carbonyl (C=O) groups is 1. The number of halogens is 2. The van der Waals surface area contributed by atoms with E-state index in [9.17, 15) is 4.79 Å². The van der Waals surface area contributed by atoms with Crippen LogP contribution >= 0.6 is 23.2 Å². The second kappa shape index (κ2) is 6.44. The SMILES string of the molecule is Cc1c(C(=O)Nc2cc(Cl)cc(Cl)c2)cnn1-c1ccccc1. The summed E-state index contributed by atoms with van der Waals surface area (Å²) < 4.78 is 1.72. The van der Waals surface area contributed by atoms with Crippen molar-refractivity contribution in [2.75, 3.05) is 5.32 Å². The Balaban J connectivity index is 1.87. The minimum atomic E-state index is -0.261. The molecule has 2 aromatic carbocycles. The predicted octanol–water partition coefficient (Wildman–Crippen LogP) is 4.74. The van der Waals surface area contributed by atoms with Crippen LogP contribution < -0.4 is 5.32 Å². The normalized spacial score (nSPS) is 10.6. The van der Waals surface area contributed by atoms with Crippen molar-refractivity contribution in [3.63, 3.8) is 0 Å². The van der Waals surface area contributed by atoms with Crippen LogP contribution in [0, 0.1) is 6.92 Å². The van der Waals surface area contributed by atoms with Gasteiger partial charge in [-0.2, -0.15) is 5.10 Å². The van der Waals surface area contributed by atoms with E-state index < -0.39 is 0 Å². The first-order valence-electron chi connectivity index (χ1n) is 6.92. The average molecular weight is 346 g/mol. The molecule has 1 N–H and O–H groups in total. The van der Waals surface area contributed by atoms with Crippen LogP contribution in [0.25, 0.3) is 5.69 Å². The summed E-state index contributed by atoms with van der Waals surface area (Å²) in [7, 11) is 0. The zero-order valence-electron chi connectivity index (χ0n) is 12.3. The maximum Gasteiger partial charge on any atom is 0.259 e. The molecule has 1 heterocycles. The Hall–Kier alpha value is -2.30. The zero-order chi connectivity index (χ0) is 16.4. The van der Waals surface area contributed by atoms with Crippen LogP contribution in [-0.2, 0) is 0 Å². The molecule has 0 saturated heterocycles. The van der Waals surface area contributed by atoms with Gasteiger partial charge in [0.1, 0.15) is 0 Å². The molecule has 0 atom stereocenters. The zero-order valence-corrected chi connectivity index (χ0v) is 13.8. The molecule has 6 heteroatoms. The van der Waals surface area contributed by atoms with Crippen molar-refractivity contribution < 1.29 is 4.79 Å². The molecule has 1 aromatic heterocycles. The predicted molar refractivity (Wildman–Crippen MR) is 92.7 cm³/mol. The van der Waals surface area contributed by atoms with E-state index in [0.29, 0.717) is 21.3 Å². The number of nitrogens with one attached hydrogen (secondary N) is 1. The minimum absolute atomic E-state index is 0.261. The summed E-state index contributed by atoms with van der Waals surface area (Å²) in [4.78, 5) is 12.5. The van der Waals surface area contributed by atoms with Crippen LogP contribution in [0.2, 0.25) is 10.0 Å². The molecule has 0 unspecified atom stereocenters. The number of benzene rings is 2. The minimum Gasteiger partial charge on any atom is -0.322 e. The quantitative estimate of drug-likeness (QED) is 0.745. The standard InChI is InChI=1S/C17H13Cl2N3O/c1-11-16(10-20-22(11)15-5-3-2-4-6-15)17(23)21-14-8-12(18)7-13(19)9-14/h2-10H,1H3,(H,21,23). The molecule has 0 aliphatic heterocycles. The van der Waals surface area contributed by atoms with Crippen LogP contribution in [0.4, 0.5) is 5.69 Å². The first kappa shape index (κ1) is 15.6. The Labute approximate surface area is 143 Å². The van der Waals surface area contributed by atoms with Gasteiger partial charge in [-0.15, -0.1) is 0 Å². The second-order valence-electron chi connectivity index (χ2n) is 5.00. The van der Waals surface area contributed by atoms with E-state index in [2.05, 4.69) is 10.4 Å². The van der Waals surface area contributed by atoms with E-state index in [4.69, 9.17) is 23.2 Å². The van der Waals surface area contributed by atoms with E-state index >= 15 is 0 Å². The Morgan fingerprint density at radius 3 is 2.39 bits per heavy atom. The number of para-hydroxylation sites is 1. The number of aromatic nitrogens is 2. The number of carbonyl (C=O) groups excluding carboxylic acids is 1. The van der Waals surface area contributed by atoms with Crippen molar-refractivity contribution in [2.45, 2.75) is 6.92 Å². The summed E-state index contributed by atoms with van der Waals surface area (Å²) in [5.74, 6) is -0.261. The lowest BCUT2D eigenvalue weighted by Gasteiger charge is -2.07. The van der Waals surface area contributed by atoms with Gasteiger partial charge in [-0.25, -0.2) is 4.68 Å². The van der Waals surface area contributed by atoms with E-state index in [0.717, 1.165) is 11.4 Å². The summed E-state index contributed by atoms with van der Waals surface area (Å²) in [5.41, 5.74) is 2.68. The third kappa shape index (κ3) is 3.38. The van der Waals surface area contributed by atoms with Crippen molar-refractivity contribution in [3.05, 3.63) is 76.0 Å². The van der Waals surface area contributed by atoms with Crippen molar-refractivity contribution in [1.29, 1.82) is 0 Å². The van der Waals surface area contributed by atoms with Gasteiger partial charge in [0.2, 0.25) is 0 Å². The Morgan fingerprint density at radius 2 is 1.74 bits per heavy atom. The summed E-state index contributed by atoms with van der Waals surface area (Å²) in [5, 5.41) is 8.00. The molecular formula is C17H13Cl2N3O. The summed E-state index contributed by atoms with van der Waals surface area (Å²) in [6.45, 7) is 1.85. The molecule has 0 radical (unpaired) electrons. The van der Waals surface area contributed by atoms with E-state index in [-0.39, 0.29) is 5.91 Å². The molecule has 3 rings (SSSR count). The lowest BCUT2D eigenvalue weighted by Crippen LogP contribution is -2.13. The van der Waals surface area contributed by atoms with Crippen molar-refractivity contribution in [2.24, 2.45) is 0 Å². The molecule has 0 aliphatic rings. The van der Waals surface area contributed by atoms with Crippen molar-refractivity contribution in [1.82, 2.24) is 9.78 Å². The number of nitrogens with zero attached hydrogens (tertiary/aromatic N) is 2. The number of amides is 1. The van der Waals surface area contributed by atoms with Gasteiger partial charge in [0.15, 0.2) is 0 Å². The lowest BCUT2D eigenvalue weighted by molar-refractivity contribution is 0.102. The van der Waals surface area contributed by atoms with Crippen molar-refractivity contribution >= 4 is 34.8 Å². The van der Waals surface area contributed by atoms with Crippen LogP contribution in [-0.4, -0.2) is 15.7 Å². The highest BCUT2D eigenvalue weighted by molar-refractivity contribution is 6.35. The lowest BCUT2D eigenvalue weighted by atomic mass is 10.2. The molecule has 0 aliphatic carbocycles. The highest BCUT2D eigenvalue weighted by Crippen LogP contribution is 2.23. The number of rotatable bonds is 3. The Morgan fingerprint density at radius 1 is 1.09 bits per heavy atom. The molecule has 3 aromatic rings. The smallest absolute Gasteiger partial charge is 0.259 e.